The van der Waals surface area contributed by atoms with Crippen molar-refractivity contribution < 1.29 is 18.9 Å². The second-order valence-electron chi connectivity index (χ2n) is 7.81. The van der Waals surface area contributed by atoms with Gasteiger partial charge in [-0.15, -0.1) is 0 Å². The minimum Gasteiger partial charge on any atom is -0.491 e. The molecule has 0 N–H and O–H groups in total. The largest absolute Gasteiger partial charge is 0.491 e. The van der Waals surface area contributed by atoms with Gasteiger partial charge in [-0.1, -0.05) is 60.7 Å². The van der Waals surface area contributed by atoms with Gasteiger partial charge >= 0.3 is 0 Å². The summed E-state index contributed by atoms with van der Waals surface area (Å²) in [5.74, 6) is 1.80. The van der Waals surface area contributed by atoms with Crippen LogP contribution in [0.1, 0.15) is 11.1 Å². The maximum atomic E-state index is 6.21. The molecule has 1 saturated heterocycles. The Kier molecular flexibility index (Phi) is 5.74. The maximum Gasteiger partial charge on any atom is 0.123 e. The predicted octanol–water partition coefficient (Wildman–Crippen LogP) is 5.39. The molecule has 1 aliphatic rings. The number of rotatable bonds is 9. The summed E-state index contributed by atoms with van der Waals surface area (Å²) in [6, 6.07) is 25.3. The number of methoxy groups -OCH3 is 1. The van der Waals surface area contributed by atoms with Crippen LogP contribution in [0, 0.1) is 0 Å². The molecule has 1 atom stereocenters. The number of hydrogen-bond donors (Lipinski definition) is 0. The highest BCUT2D eigenvalue weighted by Gasteiger charge is 2.24. The predicted molar refractivity (Wildman–Crippen MR) is 123 cm³/mol. The number of epoxide rings is 1. The third kappa shape index (κ3) is 4.36. The fourth-order valence-corrected chi connectivity index (χ4v) is 4.03. The van der Waals surface area contributed by atoms with Crippen molar-refractivity contribution >= 4 is 21.5 Å². The highest BCUT2D eigenvalue weighted by molar-refractivity contribution is 5.91. The van der Waals surface area contributed by atoms with E-state index in [2.05, 4.69) is 72.8 Å². The van der Waals surface area contributed by atoms with Crippen molar-refractivity contribution in [3.63, 3.8) is 0 Å². The van der Waals surface area contributed by atoms with Gasteiger partial charge in [0, 0.05) is 24.7 Å². The summed E-state index contributed by atoms with van der Waals surface area (Å²) in [5, 5.41) is 4.80. The van der Waals surface area contributed by atoms with Crippen LogP contribution in [0.5, 0.6) is 11.5 Å². The van der Waals surface area contributed by atoms with Gasteiger partial charge in [0.05, 0.1) is 13.2 Å². The molecular weight excluding hydrogens is 388 g/mol. The van der Waals surface area contributed by atoms with Gasteiger partial charge in [0.15, 0.2) is 0 Å². The first-order chi connectivity index (χ1) is 15.3. The van der Waals surface area contributed by atoms with Gasteiger partial charge in [-0.25, -0.2) is 0 Å². The van der Waals surface area contributed by atoms with Crippen LogP contribution >= 0.6 is 0 Å². The fraction of sp³-hybridized carbons (Fsp3) is 0.259. The van der Waals surface area contributed by atoms with Gasteiger partial charge in [0.2, 0.25) is 0 Å². The van der Waals surface area contributed by atoms with Crippen LogP contribution in [0.2, 0.25) is 0 Å². The standard InChI is InChI=1S/C27H26O4/c1-28-14-15-29-26-12-10-19-6-2-4-8-22(19)24(26)16-25-23-9-5-3-7-20(23)11-13-27(25)31-18-21-17-30-21/h2-13,21H,14-18H2,1H3. The summed E-state index contributed by atoms with van der Waals surface area (Å²) in [5.41, 5.74) is 2.34. The molecule has 5 rings (SSSR count). The van der Waals surface area contributed by atoms with E-state index >= 15 is 0 Å². The van der Waals surface area contributed by atoms with Crippen molar-refractivity contribution in [1.29, 1.82) is 0 Å². The van der Waals surface area contributed by atoms with Gasteiger partial charge < -0.3 is 18.9 Å². The molecule has 31 heavy (non-hydrogen) atoms. The lowest BCUT2D eigenvalue weighted by molar-refractivity contribution is 0.146. The van der Waals surface area contributed by atoms with Gasteiger partial charge in [-0.05, 0) is 33.7 Å². The zero-order valence-electron chi connectivity index (χ0n) is 17.7. The van der Waals surface area contributed by atoms with Crippen molar-refractivity contribution in [3.8, 4) is 11.5 Å². The third-order valence-corrected chi connectivity index (χ3v) is 5.72. The average Bonchev–Trinajstić information content (AvgIpc) is 3.64. The first kappa shape index (κ1) is 19.9. The van der Waals surface area contributed by atoms with E-state index in [1.165, 1.54) is 27.1 Å². The van der Waals surface area contributed by atoms with Gasteiger partial charge in [-0.2, -0.15) is 0 Å². The molecule has 1 aliphatic heterocycles. The summed E-state index contributed by atoms with van der Waals surface area (Å²) in [6.45, 7) is 2.43. The van der Waals surface area contributed by atoms with Crippen molar-refractivity contribution in [2.75, 3.05) is 33.5 Å². The number of hydrogen-bond acceptors (Lipinski definition) is 4. The van der Waals surface area contributed by atoms with Crippen LogP contribution in [0.25, 0.3) is 21.5 Å². The van der Waals surface area contributed by atoms with Crippen molar-refractivity contribution in [2.24, 2.45) is 0 Å². The highest BCUT2D eigenvalue weighted by Crippen LogP contribution is 2.36. The molecule has 0 spiro atoms. The smallest absolute Gasteiger partial charge is 0.123 e. The molecule has 0 bridgehead atoms. The van der Waals surface area contributed by atoms with Crippen LogP contribution < -0.4 is 9.47 Å². The van der Waals surface area contributed by atoms with Gasteiger partial charge in [0.25, 0.3) is 0 Å². The van der Waals surface area contributed by atoms with E-state index in [0.717, 1.165) is 23.7 Å². The minimum atomic E-state index is 0.213. The Morgan fingerprint density at radius 3 is 1.90 bits per heavy atom. The lowest BCUT2D eigenvalue weighted by Crippen LogP contribution is -2.08. The Morgan fingerprint density at radius 2 is 1.32 bits per heavy atom. The number of benzene rings is 4. The second-order valence-corrected chi connectivity index (χ2v) is 7.81. The first-order valence-electron chi connectivity index (χ1n) is 10.7. The topological polar surface area (TPSA) is 40.2 Å². The highest BCUT2D eigenvalue weighted by atomic mass is 16.6. The van der Waals surface area contributed by atoms with Crippen molar-refractivity contribution in [1.82, 2.24) is 0 Å². The third-order valence-electron chi connectivity index (χ3n) is 5.72. The molecule has 0 aliphatic carbocycles. The molecule has 4 nitrogen and oxygen atoms in total. The van der Waals surface area contributed by atoms with E-state index < -0.39 is 0 Å². The fourth-order valence-electron chi connectivity index (χ4n) is 4.03. The molecule has 0 saturated carbocycles. The second kappa shape index (κ2) is 8.96. The van der Waals surface area contributed by atoms with E-state index in [1.807, 2.05) is 0 Å². The quantitative estimate of drug-likeness (QED) is 0.272. The van der Waals surface area contributed by atoms with E-state index in [9.17, 15) is 0 Å². The first-order valence-corrected chi connectivity index (χ1v) is 10.7. The van der Waals surface area contributed by atoms with Crippen molar-refractivity contribution in [3.05, 3.63) is 83.9 Å². The van der Waals surface area contributed by atoms with Gasteiger partial charge in [0.1, 0.15) is 30.8 Å². The van der Waals surface area contributed by atoms with E-state index in [0.29, 0.717) is 26.2 Å². The molecule has 1 fully saturated rings. The molecule has 158 valence electrons. The monoisotopic (exact) mass is 414 g/mol. The van der Waals surface area contributed by atoms with Crippen LogP contribution in [0.3, 0.4) is 0 Å². The zero-order chi connectivity index (χ0) is 21.0. The minimum absolute atomic E-state index is 0.213. The summed E-state index contributed by atoms with van der Waals surface area (Å²) in [4.78, 5) is 0. The van der Waals surface area contributed by atoms with E-state index in [4.69, 9.17) is 18.9 Å². The molecule has 0 aromatic heterocycles. The molecular formula is C27H26O4. The summed E-state index contributed by atoms with van der Waals surface area (Å²) >= 11 is 0. The Balaban J connectivity index is 1.61. The van der Waals surface area contributed by atoms with Crippen LogP contribution in [0.15, 0.2) is 72.8 Å². The van der Waals surface area contributed by atoms with Crippen molar-refractivity contribution in [2.45, 2.75) is 12.5 Å². The Labute approximate surface area is 182 Å². The SMILES string of the molecule is COCCOc1ccc2ccccc2c1Cc1c(OCC2CO2)ccc2ccccc12. The Hall–Kier alpha value is -3.08. The van der Waals surface area contributed by atoms with Gasteiger partial charge in [-0.3, -0.25) is 0 Å². The molecule has 1 heterocycles. The molecule has 0 radical (unpaired) electrons. The normalized spacial score (nSPS) is 15.3. The van der Waals surface area contributed by atoms with Crippen LogP contribution in [-0.2, 0) is 15.9 Å². The molecule has 4 aromatic carbocycles. The average molecular weight is 415 g/mol. The lowest BCUT2D eigenvalue weighted by Gasteiger charge is -2.18. The summed E-state index contributed by atoms with van der Waals surface area (Å²) < 4.78 is 22.9. The summed E-state index contributed by atoms with van der Waals surface area (Å²) in [6.07, 6.45) is 0.927. The zero-order valence-corrected chi connectivity index (χ0v) is 17.7. The summed E-state index contributed by atoms with van der Waals surface area (Å²) in [7, 11) is 1.69. The van der Waals surface area contributed by atoms with E-state index in [1.54, 1.807) is 7.11 Å². The van der Waals surface area contributed by atoms with Crippen LogP contribution in [-0.4, -0.2) is 39.6 Å². The number of ether oxygens (including phenoxy) is 4. The molecule has 4 heteroatoms. The molecule has 1 unspecified atom stereocenters. The molecule has 4 aromatic rings. The molecule has 0 amide bonds. The maximum absolute atomic E-state index is 6.21. The van der Waals surface area contributed by atoms with Crippen LogP contribution in [0.4, 0.5) is 0 Å². The van der Waals surface area contributed by atoms with E-state index in [-0.39, 0.29) is 6.10 Å². The lowest BCUT2D eigenvalue weighted by atomic mass is 9.93. The number of fused-ring (bicyclic) bond motifs is 2. The Bertz CT molecular complexity index is 1200. The Morgan fingerprint density at radius 1 is 0.742 bits per heavy atom.